The fourth-order valence-electron chi connectivity index (χ4n) is 3.47. The van der Waals surface area contributed by atoms with Gasteiger partial charge in [-0.1, -0.05) is 6.07 Å². The van der Waals surface area contributed by atoms with Gasteiger partial charge >= 0.3 is 0 Å². The van der Waals surface area contributed by atoms with E-state index in [2.05, 4.69) is 10.6 Å². The van der Waals surface area contributed by atoms with Crippen LogP contribution in [-0.4, -0.2) is 25.1 Å². The molecule has 21 heavy (non-hydrogen) atoms. The van der Waals surface area contributed by atoms with Gasteiger partial charge in [0.05, 0.1) is 19.1 Å². The molecular weight excluding hydrogens is 271 g/mol. The lowest BCUT2D eigenvalue weighted by Gasteiger charge is -2.22. The van der Waals surface area contributed by atoms with Crippen LogP contribution in [0.2, 0.25) is 0 Å². The van der Waals surface area contributed by atoms with Crippen LogP contribution in [0.15, 0.2) is 18.2 Å². The van der Waals surface area contributed by atoms with E-state index < -0.39 is 5.82 Å². The van der Waals surface area contributed by atoms with Crippen molar-refractivity contribution in [3.8, 4) is 5.75 Å². The van der Waals surface area contributed by atoms with Crippen LogP contribution >= 0.6 is 0 Å². The first-order valence-corrected chi connectivity index (χ1v) is 7.48. The third-order valence-corrected chi connectivity index (χ3v) is 4.67. The van der Waals surface area contributed by atoms with Gasteiger partial charge in [-0.15, -0.1) is 0 Å². The fraction of sp³-hybridized carbons (Fsp3) is 0.562. The summed E-state index contributed by atoms with van der Waals surface area (Å²) in [5.74, 6) is -0.0695. The summed E-state index contributed by atoms with van der Waals surface area (Å²) < 4.78 is 18.6. The summed E-state index contributed by atoms with van der Waals surface area (Å²) in [6.45, 7) is 1.87. The van der Waals surface area contributed by atoms with E-state index in [9.17, 15) is 9.18 Å². The highest BCUT2D eigenvalue weighted by Crippen LogP contribution is 2.33. The SMILES string of the molecule is COc1ccc(C(C)NC(=O)C2CC3CCC2N3)cc1F. The van der Waals surface area contributed by atoms with Crippen LogP contribution in [0, 0.1) is 11.7 Å². The maximum absolute atomic E-state index is 13.7. The summed E-state index contributed by atoms with van der Waals surface area (Å²) in [5.41, 5.74) is 0.748. The quantitative estimate of drug-likeness (QED) is 0.894. The van der Waals surface area contributed by atoms with E-state index in [1.54, 1.807) is 12.1 Å². The number of rotatable bonds is 4. The standard InChI is InChI=1S/C16H21FN2O2/c1-9(10-3-6-15(21-2)13(17)7-10)18-16(20)12-8-11-4-5-14(12)19-11/h3,6-7,9,11-12,14,19H,4-5,8H2,1-2H3,(H,18,20). The molecule has 4 nitrogen and oxygen atoms in total. The van der Waals surface area contributed by atoms with Crippen molar-refractivity contribution in [2.45, 2.75) is 44.3 Å². The second-order valence-corrected chi connectivity index (χ2v) is 6.01. The van der Waals surface area contributed by atoms with Crippen molar-refractivity contribution >= 4 is 5.91 Å². The molecule has 114 valence electrons. The van der Waals surface area contributed by atoms with Crippen molar-refractivity contribution in [2.75, 3.05) is 7.11 Å². The zero-order valence-electron chi connectivity index (χ0n) is 12.4. The van der Waals surface area contributed by atoms with Crippen LogP contribution in [0.1, 0.15) is 37.8 Å². The van der Waals surface area contributed by atoms with Gasteiger partial charge < -0.3 is 15.4 Å². The van der Waals surface area contributed by atoms with E-state index in [1.165, 1.54) is 19.6 Å². The molecule has 0 aliphatic carbocycles. The highest BCUT2D eigenvalue weighted by molar-refractivity contribution is 5.80. The van der Waals surface area contributed by atoms with E-state index in [-0.39, 0.29) is 23.6 Å². The number of benzene rings is 1. The summed E-state index contributed by atoms with van der Waals surface area (Å²) >= 11 is 0. The van der Waals surface area contributed by atoms with Gasteiger partial charge in [0.15, 0.2) is 11.6 Å². The van der Waals surface area contributed by atoms with Gasteiger partial charge in [0.1, 0.15) is 0 Å². The van der Waals surface area contributed by atoms with Gasteiger partial charge in [-0.05, 0) is 43.9 Å². The molecule has 3 rings (SSSR count). The van der Waals surface area contributed by atoms with Crippen LogP contribution in [-0.2, 0) is 4.79 Å². The molecule has 5 heteroatoms. The minimum absolute atomic E-state index is 0.0503. The van der Waals surface area contributed by atoms with Crippen molar-refractivity contribution in [1.29, 1.82) is 0 Å². The molecule has 0 aromatic heterocycles. The van der Waals surface area contributed by atoms with Crippen molar-refractivity contribution < 1.29 is 13.9 Å². The molecule has 4 atom stereocenters. The highest BCUT2D eigenvalue weighted by atomic mass is 19.1. The Balaban J connectivity index is 1.64. The Bertz CT molecular complexity index is 549. The minimum atomic E-state index is -0.405. The van der Waals surface area contributed by atoms with Crippen molar-refractivity contribution in [1.82, 2.24) is 10.6 Å². The zero-order valence-corrected chi connectivity index (χ0v) is 12.4. The third kappa shape index (κ3) is 2.75. The van der Waals surface area contributed by atoms with Crippen molar-refractivity contribution in [2.24, 2.45) is 5.92 Å². The number of methoxy groups -OCH3 is 1. The lowest BCUT2D eigenvalue weighted by molar-refractivity contribution is -0.126. The Hall–Kier alpha value is -1.62. The molecule has 4 unspecified atom stereocenters. The number of hydrogen-bond donors (Lipinski definition) is 2. The fourth-order valence-corrected chi connectivity index (χ4v) is 3.47. The normalized spacial score (nSPS) is 28.4. The van der Waals surface area contributed by atoms with Crippen LogP contribution in [0.5, 0.6) is 5.75 Å². The van der Waals surface area contributed by atoms with Crippen LogP contribution in [0.3, 0.4) is 0 Å². The smallest absolute Gasteiger partial charge is 0.225 e. The first-order chi connectivity index (χ1) is 10.1. The number of carbonyl (C=O) groups is 1. The van der Waals surface area contributed by atoms with Crippen molar-refractivity contribution in [3.05, 3.63) is 29.6 Å². The number of ether oxygens (including phenoxy) is 1. The number of fused-ring (bicyclic) bond motifs is 2. The maximum atomic E-state index is 13.7. The number of hydrogen-bond acceptors (Lipinski definition) is 3. The van der Waals surface area contributed by atoms with Crippen LogP contribution in [0.25, 0.3) is 0 Å². The Labute approximate surface area is 124 Å². The molecule has 2 bridgehead atoms. The van der Waals surface area contributed by atoms with Crippen LogP contribution < -0.4 is 15.4 Å². The summed E-state index contributed by atoms with van der Waals surface area (Å²) in [6, 6.07) is 5.40. The molecule has 2 fully saturated rings. The number of halogens is 1. The Kier molecular flexibility index (Phi) is 3.85. The lowest BCUT2D eigenvalue weighted by atomic mass is 9.88. The first kappa shape index (κ1) is 14.3. The van der Waals surface area contributed by atoms with E-state index >= 15 is 0 Å². The van der Waals surface area contributed by atoms with Gasteiger partial charge in [-0.25, -0.2) is 4.39 Å². The Morgan fingerprint density at radius 3 is 2.86 bits per heavy atom. The van der Waals surface area contributed by atoms with Crippen LogP contribution in [0.4, 0.5) is 4.39 Å². The van der Waals surface area contributed by atoms with E-state index in [0.717, 1.165) is 18.4 Å². The molecule has 1 aromatic rings. The molecule has 1 amide bonds. The van der Waals surface area contributed by atoms with Gasteiger partial charge in [-0.2, -0.15) is 0 Å². The molecule has 0 radical (unpaired) electrons. The molecule has 0 saturated carbocycles. The number of nitrogens with one attached hydrogen (secondary N) is 2. The predicted molar refractivity (Wildman–Crippen MR) is 77.6 cm³/mol. The molecule has 2 saturated heterocycles. The first-order valence-electron chi connectivity index (χ1n) is 7.48. The Morgan fingerprint density at radius 1 is 1.48 bits per heavy atom. The molecule has 2 heterocycles. The lowest BCUT2D eigenvalue weighted by Crippen LogP contribution is -2.38. The van der Waals surface area contributed by atoms with E-state index in [1.807, 2.05) is 6.92 Å². The third-order valence-electron chi connectivity index (χ3n) is 4.67. The summed E-state index contributed by atoms with van der Waals surface area (Å²) in [4.78, 5) is 12.4. The molecule has 1 aromatic carbocycles. The molecule has 2 aliphatic rings. The molecule has 0 spiro atoms. The largest absolute Gasteiger partial charge is 0.494 e. The monoisotopic (exact) mass is 292 g/mol. The topological polar surface area (TPSA) is 50.4 Å². The number of amides is 1. The Morgan fingerprint density at radius 2 is 2.29 bits per heavy atom. The molecule has 2 N–H and O–H groups in total. The van der Waals surface area contributed by atoms with Gasteiger partial charge in [0, 0.05) is 12.1 Å². The molecular formula is C16H21FN2O2. The van der Waals surface area contributed by atoms with E-state index in [4.69, 9.17) is 4.74 Å². The zero-order chi connectivity index (χ0) is 15.0. The summed E-state index contributed by atoms with van der Waals surface area (Å²) in [6.07, 6.45) is 3.17. The highest BCUT2D eigenvalue weighted by Gasteiger charge is 2.42. The summed E-state index contributed by atoms with van der Waals surface area (Å²) in [7, 11) is 1.44. The van der Waals surface area contributed by atoms with Crippen molar-refractivity contribution in [3.63, 3.8) is 0 Å². The molecule has 2 aliphatic heterocycles. The van der Waals surface area contributed by atoms with Gasteiger partial charge in [0.25, 0.3) is 0 Å². The second-order valence-electron chi connectivity index (χ2n) is 6.01. The average Bonchev–Trinajstić information content (AvgIpc) is 3.09. The van der Waals surface area contributed by atoms with Gasteiger partial charge in [-0.3, -0.25) is 4.79 Å². The second kappa shape index (κ2) is 5.64. The van der Waals surface area contributed by atoms with Gasteiger partial charge in [0.2, 0.25) is 5.91 Å². The summed E-state index contributed by atoms with van der Waals surface area (Å²) in [5, 5.41) is 6.46. The van der Waals surface area contributed by atoms with E-state index in [0.29, 0.717) is 12.1 Å². The average molecular weight is 292 g/mol. The predicted octanol–water partition coefficient (Wildman–Crippen LogP) is 2.15. The number of carbonyl (C=O) groups excluding carboxylic acids is 1. The minimum Gasteiger partial charge on any atom is -0.494 e. The maximum Gasteiger partial charge on any atom is 0.225 e.